The first-order valence-electron chi connectivity index (χ1n) is 6.26. The lowest BCUT2D eigenvalue weighted by Gasteiger charge is -2.25. The minimum atomic E-state index is -0.604. The van der Waals surface area contributed by atoms with Crippen molar-refractivity contribution in [3.8, 4) is 11.8 Å². The van der Waals surface area contributed by atoms with Gasteiger partial charge in [-0.2, -0.15) is 5.26 Å². The normalized spacial score (nSPS) is 13.8. The molecule has 0 spiro atoms. The smallest absolute Gasteiger partial charge is 0.121 e. The number of hydrogen-bond acceptors (Lipinski definition) is 5. The standard InChI is InChI=1S/C14H21N3O2/c1-11(6-7-15)17(2)9-13(18)10-19-14-5-3-4-12(16)8-14/h3-5,8,11,13,18H,6,9-10,16H2,1-2H3. The number of benzene rings is 1. The predicted octanol–water partition coefficient (Wildman–Crippen LogP) is 1.24. The van der Waals surface area contributed by atoms with Crippen LogP contribution in [-0.2, 0) is 0 Å². The third kappa shape index (κ3) is 5.60. The summed E-state index contributed by atoms with van der Waals surface area (Å²) in [5, 5.41) is 18.5. The van der Waals surface area contributed by atoms with E-state index >= 15 is 0 Å². The number of nitriles is 1. The Labute approximate surface area is 114 Å². The molecule has 0 aliphatic rings. The molecule has 2 unspecified atom stereocenters. The van der Waals surface area contributed by atoms with Crippen molar-refractivity contribution in [3.63, 3.8) is 0 Å². The molecule has 0 fully saturated rings. The van der Waals surface area contributed by atoms with Crippen molar-refractivity contribution in [1.29, 1.82) is 5.26 Å². The number of hydrogen-bond donors (Lipinski definition) is 2. The average Bonchev–Trinajstić information content (AvgIpc) is 2.36. The molecule has 0 radical (unpaired) electrons. The van der Waals surface area contributed by atoms with Crippen molar-refractivity contribution in [2.24, 2.45) is 0 Å². The topological polar surface area (TPSA) is 82.5 Å². The Balaban J connectivity index is 2.35. The van der Waals surface area contributed by atoms with Crippen molar-refractivity contribution in [2.45, 2.75) is 25.5 Å². The molecule has 2 atom stereocenters. The molecule has 1 aromatic carbocycles. The maximum atomic E-state index is 9.89. The number of rotatable bonds is 7. The zero-order valence-electron chi connectivity index (χ0n) is 11.4. The van der Waals surface area contributed by atoms with Gasteiger partial charge in [0.15, 0.2) is 0 Å². The summed E-state index contributed by atoms with van der Waals surface area (Å²) >= 11 is 0. The quantitative estimate of drug-likeness (QED) is 0.723. The first-order valence-corrected chi connectivity index (χ1v) is 6.26. The zero-order chi connectivity index (χ0) is 14.3. The fourth-order valence-electron chi connectivity index (χ4n) is 1.65. The highest BCUT2D eigenvalue weighted by molar-refractivity contribution is 5.43. The molecule has 0 aliphatic carbocycles. The van der Waals surface area contributed by atoms with Gasteiger partial charge in [0.1, 0.15) is 18.5 Å². The fourth-order valence-corrected chi connectivity index (χ4v) is 1.65. The van der Waals surface area contributed by atoms with Gasteiger partial charge in [0.25, 0.3) is 0 Å². The monoisotopic (exact) mass is 263 g/mol. The summed E-state index contributed by atoms with van der Waals surface area (Å²) in [6, 6.07) is 9.33. The van der Waals surface area contributed by atoms with E-state index in [4.69, 9.17) is 15.7 Å². The number of nitrogen functional groups attached to an aromatic ring is 1. The van der Waals surface area contributed by atoms with Gasteiger partial charge in [0.05, 0.1) is 12.5 Å². The molecule has 5 heteroatoms. The summed E-state index contributed by atoms with van der Waals surface area (Å²) in [7, 11) is 1.88. The van der Waals surface area contributed by atoms with Gasteiger partial charge >= 0.3 is 0 Å². The SMILES string of the molecule is CC(CC#N)N(C)CC(O)COc1cccc(N)c1. The van der Waals surface area contributed by atoms with E-state index in [1.165, 1.54) is 0 Å². The van der Waals surface area contributed by atoms with Crippen LogP contribution in [0.4, 0.5) is 5.69 Å². The molecule has 0 amide bonds. The lowest BCUT2D eigenvalue weighted by molar-refractivity contribution is 0.0661. The third-order valence-electron chi connectivity index (χ3n) is 2.94. The Hall–Kier alpha value is -1.77. The lowest BCUT2D eigenvalue weighted by Crippen LogP contribution is -2.38. The Kier molecular flexibility index (Phi) is 6.13. The van der Waals surface area contributed by atoms with Gasteiger partial charge in [0, 0.05) is 24.3 Å². The Morgan fingerprint density at radius 2 is 2.26 bits per heavy atom. The van der Waals surface area contributed by atoms with Crippen molar-refractivity contribution in [2.75, 3.05) is 25.9 Å². The Morgan fingerprint density at radius 1 is 1.53 bits per heavy atom. The van der Waals surface area contributed by atoms with Crippen LogP contribution in [0.1, 0.15) is 13.3 Å². The summed E-state index contributed by atoms with van der Waals surface area (Å²) in [6.45, 7) is 2.62. The van der Waals surface area contributed by atoms with Crippen LogP contribution in [0.2, 0.25) is 0 Å². The van der Waals surface area contributed by atoms with E-state index in [1.54, 1.807) is 24.3 Å². The number of aliphatic hydroxyl groups excluding tert-OH is 1. The van der Waals surface area contributed by atoms with Crippen LogP contribution < -0.4 is 10.5 Å². The van der Waals surface area contributed by atoms with E-state index in [9.17, 15) is 5.11 Å². The number of ether oxygens (including phenoxy) is 1. The predicted molar refractivity (Wildman–Crippen MR) is 74.7 cm³/mol. The molecule has 0 saturated heterocycles. The van der Waals surface area contributed by atoms with Gasteiger partial charge in [0.2, 0.25) is 0 Å². The van der Waals surface area contributed by atoms with E-state index in [-0.39, 0.29) is 12.6 Å². The molecule has 1 aromatic rings. The minimum Gasteiger partial charge on any atom is -0.491 e. The van der Waals surface area contributed by atoms with Gasteiger partial charge in [-0.05, 0) is 26.1 Å². The van der Waals surface area contributed by atoms with Crippen LogP contribution in [0, 0.1) is 11.3 Å². The molecule has 19 heavy (non-hydrogen) atoms. The molecular weight excluding hydrogens is 242 g/mol. The van der Waals surface area contributed by atoms with Gasteiger partial charge in [-0.3, -0.25) is 4.90 Å². The van der Waals surface area contributed by atoms with Gasteiger partial charge in [-0.15, -0.1) is 0 Å². The van der Waals surface area contributed by atoms with E-state index in [1.807, 2.05) is 18.9 Å². The van der Waals surface area contributed by atoms with E-state index < -0.39 is 6.10 Å². The molecule has 0 aliphatic heterocycles. The molecule has 1 rings (SSSR count). The van der Waals surface area contributed by atoms with Gasteiger partial charge < -0.3 is 15.6 Å². The Morgan fingerprint density at radius 3 is 2.89 bits per heavy atom. The maximum Gasteiger partial charge on any atom is 0.121 e. The number of aliphatic hydroxyl groups is 1. The second-order valence-corrected chi connectivity index (χ2v) is 4.69. The van der Waals surface area contributed by atoms with Crippen LogP contribution in [0.5, 0.6) is 5.75 Å². The van der Waals surface area contributed by atoms with E-state index in [2.05, 4.69) is 6.07 Å². The average molecular weight is 263 g/mol. The maximum absolute atomic E-state index is 9.89. The first kappa shape index (κ1) is 15.3. The van der Waals surface area contributed by atoms with E-state index in [0.717, 1.165) is 0 Å². The van der Waals surface area contributed by atoms with Crippen LogP contribution in [-0.4, -0.2) is 42.4 Å². The first-order chi connectivity index (χ1) is 9.02. The molecule has 0 saturated carbocycles. The van der Waals surface area contributed by atoms with Crippen molar-refractivity contribution >= 4 is 5.69 Å². The molecule has 5 nitrogen and oxygen atoms in total. The third-order valence-corrected chi connectivity index (χ3v) is 2.94. The molecule has 104 valence electrons. The van der Waals surface area contributed by atoms with Gasteiger partial charge in [-0.1, -0.05) is 6.07 Å². The second-order valence-electron chi connectivity index (χ2n) is 4.69. The van der Waals surface area contributed by atoms with Crippen LogP contribution >= 0.6 is 0 Å². The highest BCUT2D eigenvalue weighted by Crippen LogP contribution is 2.14. The summed E-state index contributed by atoms with van der Waals surface area (Å²) in [5.41, 5.74) is 6.27. The van der Waals surface area contributed by atoms with Crippen LogP contribution in [0.15, 0.2) is 24.3 Å². The van der Waals surface area contributed by atoms with Crippen LogP contribution in [0.25, 0.3) is 0 Å². The van der Waals surface area contributed by atoms with Crippen molar-refractivity contribution < 1.29 is 9.84 Å². The molecular formula is C14H21N3O2. The number of anilines is 1. The van der Waals surface area contributed by atoms with Crippen molar-refractivity contribution in [1.82, 2.24) is 4.90 Å². The Bertz CT molecular complexity index is 431. The number of nitrogens with zero attached hydrogens (tertiary/aromatic N) is 2. The highest BCUT2D eigenvalue weighted by atomic mass is 16.5. The largest absolute Gasteiger partial charge is 0.491 e. The minimum absolute atomic E-state index is 0.118. The summed E-state index contributed by atoms with van der Waals surface area (Å²) < 4.78 is 5.47. The summed E-state index contributed by atoms with van der Waals surface area (Å²) in [6.07, 6.45) is -0.160. The molecule has 3 N–H and O–H groups in total. The number of nitrogens with two attached hydrogens (primary N) is 1. The van der Waals surface area contributed by atoms with Gasteiger partial charge in [-0.25, -0.2) is 0 Å². The second kappa shape index (κ2) is 7.62. The molecule has 0 heterocycles. The fraction of sp³-hybridized carbons (Fsp3) is 0.500. The van der Waals surface area contributed by atoms with Crippen molar-refractivity contribution in [3.05, 3.63) is 24.3 Å². The summed E-state index contributed by atoms with van der Waals surface area (Å²) in [4.78, 5) is 1.94. The van der Waals surface area contributed by atoms with E-state index in [0.29, 0.717) is 24.4 Å². The van der Waals surface area contributed by atoms with Crippen LogP contribution in [0.3, 0.4) is 0 Å². The highest BCUT2D eigenvalue weighted by Gasteiger charge is 2.14. The number of likely N-dealkylation sites (N-methyl/N-ethyl adjacent to an activating group) is 1. The summed E-state index contributed by atoms with van der Waals surface area (Å²) in [5.74, 6) is 0.645. The zero-order valence-corrected chi connectivity index (χ0v) is 11.4. The molecule has 0 aromatic heterocycles. The molecule has 0 bridgehead atoms. The lowest BCUT2D eigenvalue weighted by atomic mass is 10.2.